The minimum absolute atomic E-state index is 0.0748. The Hall–Kier alpha value is -7.42. The van der Waals surface area contributed by atoms with Gasteiger partial charge in [-0.1, -0.05) is 196 Å². The molecule has 1 aromatic heterocycles. The fraction of sp³-hybridized carbons (Fsp3) is 0.0526. The summed E-state index contributed by atoms with van der Waals surface area (Å²) in [6.07, 6.45) is 0. The third-order valence-electron chi connectivity index (χ3n) is 12.3. The molecule has 0 atom stereocenters. The molecule has 0 radical (unpaired) electrons. The summed E-state index contributed by atoms with van der Waals surface area (Å²) in [6.45, 7) is 4.71. The number of hydrogen-bond acceptors (Lipinski definition) is 2. The average Bonchev–Trinajstić information content (AvgIpc) is 3.54. The Bertz CT molecular complexity index is 3150. The SMILES string of the molecule is CC1(C)c2ccccc2-c2ccc(-c3ccc4c(-c5ccccc5)c5cc(-c6nc(-c7ccccc7)cc(-c7ccccc7)n6)ccc5c(-c5ccccc5)c4c3)cc21. The van der Waals surface area contributed by atoms with Crippen LogP contribution in [0.4, 0.5) is 0 Å². The molecular weight excluding hydrogens is 713 g/mol. The highest BCUT2D eigenvalue weighted by Gasteiger charge is 2.35. The largest absolute Gasteiger partial charge is 0.228 e. The fourth-order valence-electron chi connectivity index (χ4n) is 9.35. The van der Waals surface area contributed by atoms with Crippen LogP contribution in [0.5, 0.6) is 0 Å². The molecule has 0 unspecified atom stereocenters. The molecule has 10 aromatic rings. The predicted molar refractivity (Wildman–Crippen MR) is 247 cm³/mol. The van der Waals surface area contributed by atoms with Crippen molar-refractivity contribution in [2.24, 2.45) is 0 Å². The van der Waals surface area contributed by atoms with Gasteiger partial charge in [-0.05, 0) is 101 Å². The molecule has 1 aliphatic carbocycles. The second-order valence-electron chi connectivity index (χ2n) is 16.1. The van der Waals surface area contributed by atoms with Gasteiger partial charge in [0.25, 0.3) is 0 Å². The Labute approximate surface area is 345 Å². The normalized spacial score (nSPS) is 12.7. The summed E-state index contributed by atoms with van der Waals surface area (Å²) in [4.78, 5) is 10.5. The third-order valence-corrected chi connectivity index (χ3v) is 12.3. The highest BCUT2D eigenvalue weighted by Crippen LogP contribution is 2.50. The molecule has 0 saturated carbocycles. The lowest BCUT2D eigenvalue weighted by Gasteiger charge is -2.22. The molecule has 278 valence electrons. The number of fused-ring (bicyclic) bond motifs is 5. The summed E-state index contributed by atoms with van der Waals surface area (Å²) in [5, 5.41) is 4.79. The van der Waals surface area contributed by atoms with Crippen LogP contribution in [0.2, 0.25) is 0 Å². The minimum atomic E-state index is -0.0748. The van der Waals surface area contributed by atoms with E-state index in [9.17, 15) is 0 Å². The van der Waals surface area contributed by atoms with E-state index in [0.29, 0.717) is 5.82 Å². The van der Waals surface area contributed by atoms with Crippen molar-refractivity contribution in [2.75, 3.05) is 0 Å². The maximum absolute atomic E-state index is 5.23. The van der Waals surface area contributed by atoms with Gasteiger partial charge in [-0.3, -0.25) is 0 Å². The molecule has 0 N–H and O–H groups in total. The maximum atomic E-state index is 5.23. The van der Waals surface area contributed by atoms with Crippen LogP contribution in [0.3, 0.4) is 0 Å². The van der Waals surface area contributed by atoms with Crippen molar-refractivity contribution in [1.29, 1.82) is 0 Å². The van der Waals surface area contributed by atoms with Crippen molar-refractivity contribution >= 4 is 21.5 Å². The van der Waals surface area contributed by atoms with Crippen LogP contribution < -0.4 is 0 Å². The van der Waals surface area contributed by atoms with Gasteiger partial charge in [-0.15, -0.1) is 0 Å². The molecule has 9 aromatic carbocycles. The van der Waals surface area contributed by atoms with E-state index < -0.39 is 0 Å². The summed E-state index contributed by atoms with van der Waals surface area (Å²) in [5.41, 5.74) is 17.5. The Morgan fingerprint density at radius 2 is 0.729 bits per heavy atom. The molecule has 1 heterocycles. The van der Waals surface area contributed by atoms with Gasteiger partial charge in [0.15, 0.2) is 5.82 Å². The zero-order valence-corrected chi connectivity index (χ0v) is 33.0. The smallest absolute Gasteiger partial charge is 0.160 e. The van der Waals surface area contributed by atoms with Crippen molar-refractivity contribution in [3.8, 4) is 78.4 Å². The Kier molecular flexibility index (Phi) is 8.20. The first-order chi connectivity index (χ1) is 29.0. The first-order valence-electron chi connectivity index (χ1n) is 20.4. The van der Waals surface area contributed by atoms with E-state index in [-0.39, 0.29) is 5.41 Å². The van der Waals surface area contributed by atoms with E-state index in [1.54, 1.807) is 0 Å². The van der Waals surface area contributed by atoms with E-state index in [1.165, 1.54) is 77.2 Å². The molecule has 0 amide bonds. The molecule has 59 heavy (non-hydrogen) atoms. The zero-order valence-electron chi connectivity index (χ0n) is 33.0. The van der Waals surface area contributed by atoms with Gasteiger partial charge in [0, 0.05) is 22.1 Å². The van der Waals surface area contributed by atoms with Crippen LogP contribution in [0, 0.1) is 0 Å². The Balaban J connectivity index is 1.16. The Morgan fingerprint density at radius 3 is 1.29 bits per heavy atom. The monoisotopic (exact) mass is 752 g/mol. The van der Waals surface area contributed by atoms with Gasteiger partial charge in [-0.25, -0.2) is 9.97 Å². The van der Waals surface area contributed by atoms with Crippen molar-refractivity contribution < 1.29 is 0 Å². The lowest BCUT2D eigenvalue weighted by atomic mass is 9.81. The summed E-state index contributed by atoms with van der Waals surface area (Å²) in [7, 11) is 0. The topological polar surface area (TPSA) is 25.8 Å². The molecule has 0 aliphatic heterocycles. The van der Waals surface area contributed by atoms with Gasteiger partial charge in [-0.2, -0.15) is 0 Å². The molecule has 0 fully saturated rings. The van der Waals surface area contributed by atoms with Crippen LogP contribution >= 0.6 is 0 Å². The minimum Gasteiger partial charge on any atom is -0.228 e. The van der Waals surface area contributed by atoms with Gasteiger partial charge in [0.2, 0.25) is 0 Å². The molecule has 0 spiro atoms. The van der Waals surface area contributed by atoms with Gasteiger partial charge in [0.1, 0.15) is 0 Å². The number of hydrogen-bond donors (Lipinski definition) is 0. The van der Waals surface area contributed by atoms with Crippen LogP contribution in [0.1, 0.15) is 25.0 Å². The first kappa shape index (κ1) is 34.8. The van der Waals surface area contributed by atoms with E-state index in [0.717, 1.165) is 28.1 Å². The van der Waals surface area contributed by atoms with E-state index >= 15 is 0 Å². The third kappa shape index (κ3) is 5.87. The summed E-state index contributed by atoms with van der Waals surface area (Å²) in [5.74, 6) is 0.699. The first-order valence-corrected chi connectivity index (χ1v) is 20.4. The molecule has 0 bridgehead atoms. The van der Waals surface area contributed by atoms with Crippen LogP contribution in [-0.2, 0) is 5.41 Å². The molecule has 2 heteroatoms. The van der Waals surface area contributed by atoms with Crippen LogP contribution in [0.15, 0.2) is 206 Å². The van der Waals surface area contributed by atoms with E-state index in [2.05, 4.69) is 208 Å². The fourth-order valence-corrected chi connectivity index (χ4v) is 9.35. The van der Waals surface area contributed by atoms with Crippen molar-refractivity contribution in [3.63, 3.8) is 0 Å². The lowest BCUT2D eigenvalue weighted by molar-refractivity contribution is 0.660. The number of nitrogens with zero attached hydrogens (tertiary/aromatic N) is 2. The molecule has 0 saturated heterocycles. The second-order valence-corrected chi connectivity index (χ2v) is 16.1. The zero-order chi connectivity index (χ0) is 39.5. The second kappa shape index (κ2) is 13.9. The summed E-state index contributed by atoms with van der Waals surface area (Å²) < 4.78 is 0. The van der Waals surface area contributed by atoms with Crippen molar-refractivity contribution in [2.45, 2.75) is 19.3 Å². The van der Waals surface area contributed by atoms with Gasteiger partial charge in [0.05, 0.1) is 11.4 Å². The van der Waals surface area contributed by atoms with Crippen molar-refractivity contribution in [1.82, 2.24) is 9.97 Å². The Morgan fingerprint density at radius 1 is 0.305 bits per heavy atom. The lowest BCUT2D eigenvalue weighted by Crippen LogP contribution is -2.14. The average molecular weight is 753 g/mol. The van der Waals surface area contributed by atoms with E-state index in [1.807, 2.05) is 12.1 Å². The molecular formula is C57H40N2. The molecule has 11 rings (SSSR count). The predicted octanol–water partition coefficient (Wildman–Crippen LogP) is 15.1. The van der Waals surface area contributed by atoms with Gasteiger partial charge < -0.3 is 0 Å². The number of benzene rings is 9. The summed E-state index contributed by atoms with van der Waals surface area (Å²) in [6, 6.07) is 74.4. The van der Waals surface area contributed by atoms with Crippen LogP contribution in [-0.4, -0.2) is 9.97 Å². The highest BCUT2D eigenvalue weighted by atomic mass is 14.9. The van der Waals surface area contributed by atoms with Gasteiger partial charge >= 0.3 is 0 Å². The number of rotatable bonds is 6. The van der Waals surface area contributed by atoms with Crippen LogP contribution in [0.25, 0.3) is 100.0 Å². The molecule has 1 aliphatic rings. The molecule has 2 nitrogen and oxygen atoms in total. The maximum Gasteiger partial charge on any atom is 0.160 e. The number of aromatic nitrogens is 2. The van der Waals surface area contributed by atoms with E-state index in [4.69, 9.17) is 9.97 Å². The van der Waals surface area contributed by atoms with Crippen molar-refractivity contribution in [3.05, 3.63) is 217 Å². The quantitative estimate of drug-likeness (QED) is 0.158. The highest BCUT2D eigenvalue weighted by molar-refractivity contribution is 6.22. The standard InChI is InChI=1S/C57H40N2/c1-57(2)50-26-16-15-25-44(50)45-30-27-42(35-51(45)57)41-28-31-46-48(33-41)54(39-21-11-5-12-22-39)47-32-29-43(34-49(47)55(46)40-23-13-6-14-24-40)56-58-52(37-17-7-3-8-18-37)36-53(59-56)38-19-9-4-10-20-38/h3-36H,1-2H3. The summed E-state index contributed by atoms with van der Waals surface area (Å²) >= 11 is 0.